The Morgan fingerprint density at radius 2 is 2.12 bits per heavy atom. The van der Waals surface area contributed by atoms with Crippen LogP contribution in [0.4, 0.5) is 0 Å². The van der Waals surface area contributed by atoms with E-state index in [1.807, 2.05) is 0 Å². The van der Waals surface area contributed by atoms with Gasteiger partial charge in [0.05, 0.1) is 6.54 Å². The summed E-state index contributed by atoms with van der Waals surface area (Å²) in [5.41, 5.74) is 0. The zero-order valence-corrected chi connectivity index (χ0v) is 9.78. The lowest BCUT2D eigenvalue weighted by molar-refractivity contribution is 0.373. The van der Waals surface area contributed by atoms with Gasteiger partial charge in [-0.3, -0.25) is 0 Å². The second kappa shape index (κ2) is 4.17. The van der Waals surface area contributed by atoms with Crippen molar-refractivity contribution in [3.05, 3.63) is 11.8 Å². The molecule has 0 aromatic carbocycles. The molecule has 1 heterocycles. The lowest BCUT2D eigenvalue weighted by atomic mass is 9.98. The maximum atomic E-state index is 5.73. The van der Waals surface area contributed by atoms with Crippen molar-refractivity contribution in [3.8, 4) is 0 Å². The standard InChI is InChI=1S/C12H19N3O/c1-8-3-2-4-10(8)12-15-14-11(16-12)7-13-9-5-6-9/h8-10,13H,2-7H2,1H3. The highest BCUT2D eigenvalue weighted by atomic mass is 16.4. The van der Waals surface area contributed by atoms with Gasteiger partial charge < -0.3 is 9.73 Å². The summed E-state index contributed by atoms with van der Waals surface area (Å²) in [6.45, 7) is 3.02. The Bertz CT molecular complexity index is 359. The van der Waals surface area contributed by atoms with E-state index in [0.717, 1.165) is 18.3 Å². The Hall–Kier alpha value is -0.900. The molecule has 0 radical (unpaired) electrons. The van der Waals surface area contributed by atoms with Crippen LogP contribution in [-0.4, -0.2) is 16.2 Å². The third-order valence-corrected chi connectivity index (χ3v) is 3.78. The van der Waals surface area contributed by atoms with Gasteiger partial charge >= 0.3 is 0 Å². The van der Waals surface area contributed by atoms with E-state index in [9.17, 15) is 0 Å². The van der Waals surface area contributed by atoms with Crippen LogP contribution in [0.3, 0.4) is 0 Å². The molecule has 0 amide bonds. The summed E-state index contributed by atoms with van der Waals surface area (Å²) in [5.74, 6) is 2.81. The summed E-state index contributed by atoms with van der Waals surface area (Å²) in [4.78, 5) is 0. The molecule has 2 unspecified atom stereocenters. The summed E-state index contributed by atoms with van der Waals surface area (Å²) >= 11 is 0. The molecule has 16 heavy (non-hydrogen) atoms. The number of rotatable bonds is 4. The molecular weight excluding hydrogens is 202 g/mol. The molecule has 0 aliphatic heterocycles. The van der Waals surface area contributed by atoms with Crippen LogP contribution in [0.15, 0.2) is 4.42 Å². The SMILES string of the molecule is CC1CCCC1c1nnc(CNC2CC2)o1. The fourth-order valence-corrected chi connectivity index (χ4v) is 2.52. The highest BCUT2D eigenvalue weighted by Crippen LogP contribution is 2.38. The smallest absolute Gasteiger partial charge is 0.230 e. The number of nitrogens with zero attached hydrogens (tertiary/aromatic N) is 2. The van der Waals surface area contributed by atoms with Crippen molar-refractivity contribution < 1.29 is 4.42 Å². The third kappa shape index (κ3) is 2.12. The zero-order chi connectivity index (χ0) is 11.0. The molecule has 2 saturated carbocycles. The van der Waals surface area contributed by atoms with Crippen LogP contribution >= 0.6 is 0 Å². The minimum absolute atomic E-state index is 0.502. The summed E-state index contributed by atoms with van der Waals surface area (Å²) < 4.78 is 5.73. The van der Waals surface area contributed by atoms with Crippen molar-refractivity contribution in [1.29, 1.82) is 0 Å². The van der Waals surface area contributed by atoms with Crippen LogP contribution < -0.4 is 5.32 Å². The van der Waals surface area contributed by atoms with Gasteiger partial charge in [0.1, 0.15) is 0 Å². The van der Waals surface area contributed by atoms with Gasteiger partial charge in [0.15, 0.2) is 0 Å². The number of hydrogen-bond acceptors (Lipinski definition) is 4. The van der Waals surface area contributed by atoms with Crippen LogP contribution in [-0.2, 0) is 6.54 Å². The molecule has 0 bridgehead atoms. The molecule has 1 N–H and O–H groups in total. The van der Waals surface area contributed by atoms with E-state index < -0.39 is 0 Å². The Labute approximate surface area is 95.8 Å². The first-order valence-electron chi connectivity index (χ1n) is 6.38. The summed E-state index contributed by atoms with van der Waals surface area (Å²) in [7, 11) is 0. The molecule has 4 nitrogen and oxygen atoms in total. The molecule has 2 atom stereocenters. The van der Waals surface area contributed by atoms with Gasteiger partial charge in [-0.1, -0.05) is 13.3 Å². The summed E-state index contributed by atoms with van der Waals surface area (Å²) in [6, 6.07) is 0.695. The van der Waals surface area contributed by atoms with Gasteiger partial charge in [-0.2, -0.15) is 0 Å². The average Bonchev–Trinajstić information content (AvgIpc) is 2.82. The highest BCUT2D eigenvalue weighted by Gasteiger charge is 2.29. The fraction of sp³-hybridized carbons (Fsp3) is 0.833. The van der Waals surface area contributed by atoms with Crippen LogP contribution in [0.25, 0.3) is 0 Å². The van der Waals surface area contributed by atoms with Crippen molar-refractivity contribution in [2.45, 2.75) is 57.5 Å². The molecule has 0 saturated heterocycles. The van der Waals surface area contributed by atoms with Crippen molar-refractivity contribution in [2.75, 3.05) is 0 Å². The fourth-order valence-electron chi connectivity index (χ4n) is 2.52. The van der Waals surface area contributed by atoms with E-state index in [2.05, 4.69) is 22.4 Å². The molecule has 4 heteroatoms. The normalized spacial score (nSPS) is 29.8. The molecule has 2 fully saturated rings. The van der Waals surface area contributed by atoms with E-state index in [1.54, 1.807) is 0 Å². The van der Waals surface area contributed by atoms with Gasteiger partial charge in [0, 0.05) is 12.0 Å². The maximum Gasteiger partial charge on any atom is 0.230 e. The number of hydrogen-bond donors (Lipinski definition) is 1. The molecule has 1 aromatic heterocycles. The highest BCUT2D eigenvalue weighted by molar-refractivity contribution is 4.97. The van der Waals surface area contributed by atoms with E-state index in [0.29, 0.717) is 17.9 Å². The molecule has 0 spiro atoms. The Morgan fingerprint density at radius 3 is 2.81 bits per heavy atom. The first-order valence-corrected chi connectivity index (χ1v) is 6.38. The summed E-state index contributed by atoms with van der Waals surface area (Å²) in [6.07, 6.45) is 6.38. The average molecular weight is 221 g/mol. The van der Waals surface area contributed by atoms with Crippen LogP contribution in [0.2, 0.25) is 0 Å². The maximum absolute atomic E-state index is 5.73. The summed E-state index contributed by atoms with van der Waals surface area (Å²) in [5, 5.41) is 11.7. The van der Waals surface area contributed by atoms with Gasteiger partial charge in [0.2, 0.25) is 11.8 Å². The van der Waals surface area contributed by atoms with Crippen LogP contribution in [0.1, 0.15) is 56.7 Å². The van der Waals surface area contributed by atoms with Gasteiger partial charge in [0.25, 0.3) is 0 Å². The molecule has 2 aliphatic carbocycles. The van der Waals surface area contributed by atoms with Crippen molar-refractivity contribution >= 4 is 0 Å². The Balaban J connectivity index is 1.62. The monoisotopic (exact) mass is 221 g/mol. The predicted molar refractivity (Wildman–Crippen MR) is 59.9 cm³/mol. The van der Waals surface area contributed by atoms with E-state index >= 15 is 0 Å². The van der Waals surface area contributed by atoms with Gasteiger partial charge in [-0.05, 0) is 31.6 Å². The second-order valence-corrected chi connectivity index (χ2v) is 5.20. The quantitative estimate of drug-likeness (QED) is 0.847. The lowest BCUT2D eigenvalue weighted by Crippen LogP contribution is -2.15. The van der Waals surface area contributed by atoms with Crippen molar-refractivity contribution in [1.82, 2.24) is 15.5 Å². The molecule has 88 valence electrons. The van der Waals surface area contributed by atoms with Crippen LogP contribution in [0.5, 0.6) is 0 Å². The second-order valence-electron chi connectivity index (χ2n) is 5.20. The largest absolute Gasteiger partial charge is 0.424 e. The van der Waals surface area contributed by atoms with Crippen LogP contribution in [0, 0.1) is 5.92 Å². The molecule has 2 aliphatic rings. The molecule has 3 rings (SSSR count). The Kier molecular flexibility index (Phi) is 2.67. The van der Waals surface area contributed by atoms with Gasteiger partial charge in [-0.15, -0.1) is 10.2 Å². The van der Waals surface area contributed by atoms with E-state index in [-0.39, 0.29) is 0 Å². The number of aromatic nitrogens is 2. The third-order valence-electron chi connectivity index (χ3n) is 3.78. The molecule has 1 aromatic rings. The van der Waals surface area contributed by atoms with Gasteiger partial charge in [-0.25, -0.2) is 0 Å². The van der Waals surface area contributed by atoms with Crippen molar-refractivity contribution in [2.24, 2.45) is 5.92 Å². The minimum atomic E-state index is 0.502. The lowest BCUT2D eigenvalue weighted by Gasteiger charge is -2.09. The first-order chi connectivity index (χ1) is 7.83. The first kappa shape index (κ1) is 10.3. The zero-order valence-electron chi connectivity index (χ0n) is 9.78. The van der Waals surface area contributed by atoms with E-state index in [1.165, 1.54) is 32.1 Å². The van der Waals surface area contributed by atoms with Crippen molar-refractivity contribution in [3.63, 3.8) is 0 Å². The number of nitrogens with one attached hydrogen (secondary N) is 1. The minimum Gasteiger partial charge on any atom is -0.424 e. The molecular formula is C12H19N3O. The van der Waals surface area contributed by atoms with E-state index in [4.69, 9.17) is 4.42 Å². The Morgan fingerprint density at radius 1 is 1.25 bits per heavy atom. The topological polar surface area (TPSA) is 51.0 Å². The predicted octanol–water partition coefficient (Wildman–Crippen LogP) is 2.23.